The van der Waals surface area contributed by atoms with Crippen molar-refractivity contribution >= 4 is 17.8 Å². The summed E-state index contributed by atoms with van der Waals surface area (Å²) in [5, 5.41) is 11.5. The van der Waals surface area contributed by atoms with Crippen molar-refractivity contribution in [1.29, 1.82) is 0 Å². The molecule has 150 valence electrons. The van der Waals surface area contributed by atoms with Crippen molar-refractivity contribution in [3.8, 4) is 0 Å². The van der Waals surface area contributed by atoms with Crippen LogP contribution >= 0.6 is 0 Å². The zero-order chi connectivity index (χ0) is 20.5. The molecule has 0 spiro atoms. The van der Waals surface area contributed by atoms with Gasteiger partial charge in [-0.05, 0) is 54.4 Å². The Kier molecular flexibility index (Phi) is 5.62. The number of hydrogen-bond donors (Lipinski definition) is 1. The molecule has 4 heteroatoms. The zero-order valence-corrected chi connectivity index (χ0v) is 17.1. The number of ether oxygens (including phenoxy) is 1. The number of carbonyl (C=O) groups is 2. The predicted octanol–water partition coefficient (Wildman–Crippen LogP) is 4.33. The first-order valence-corrected chi connectivity index (χ1v) is 10.0. The van der Waals surface area contributed by atoms with Gasteiger partial charge in [0.05, 0.1) is 5.60 Å². The topological polar surface area (TPSA) is 63.6 Å². The van der Waals surface area contributed by atoms with E-state index in [2.05, 4.69) is 0 Å². The van der Waals surface area contributed by atoms with Gasteiger partial charge in [0.15, 0.2) is 5.78 Å². The number of esters is 1. The minimum absolute atomic E-state index is 0.00213. The lowest BCUT2D eigenvalue weighted by Gasteiger charge is -2.42. The standard InChI is InChI=1S/C24H30O4/c1-16(2)24(27)13-12-23(4)15-19(25)17(3)14-20(22(23)24)28-21(26)11-10-18-8-6-5-7-9-18/h5-11,14,16,20,22,27H,12-13,15H2,1-4H3/t20-,22+,23+,24+/m0/s1. The number of rotatable bonds is 4. The second-order valence-electron chi connectivity index (χ2n) is 8.87. The lowest BCUT2D eigenvalue weighted by Crippen LogP contribution is -2.49. The lowest BCUT2D eigenvalue weighted by atomic mass is 9.68. The molecule has 0 saturated heterocycles. The van der Waals surface area contributed by atoms with Crippen LogP contribution in [0.4, 0.5) is 0 Å². The second kappa shape index (κ2) is 7.67. The van der Waals surface area contributed by atoms with Crippen LogP contribution in [0.15, 0.2) is 48.1 Å². The van der Waals surface area contributed by atoms with E-state index >= 15 is 0 Å². The van der Waals surface area contributed by atoms with Crippen LogP contribution in [-0.4, -0.2) is 28.6 Å². The highest BCUT2D eigenvalue weighted by Gasteiger charge is 2.60. The minimum Gasteiger partial charge on any atom is -0.455 e. The van der Waals surface area contributed by atoms with Crippen LogP contribution in [0.2, 0.25) is 0 Å². The number of aliphatic hydroxyl groups is 1. The summed E-state index contributed by atoms with van der Waals surface area (Å²) >= 11 is 0. The zero-order valence-electron chi connectivity index (χ0n) is 17.1. The van der Waals surface area contributed by atoms with Crippen LogP contribution in [0.5, 0.6) is 0 Å². The SMILES string of the molecule is CC1=C[C@H](OC(=O)C=Cc2ccccc2)[C@@H]2[C@](C)(CC[C@@]2(O)C(C)C)CC1=O. The molecule has 0 heterocycles. The average molecular weight is 383 g/mol. The Bertz CT molecular complexity index is 807. The summed E-state index contributed by atoms with van der Waals surface area (Å²) in [6.07, 6.45) is 5.97. The van der Waals surface area contributed by atoms with Crippen LogP contribution in [-0.2, 0) is 14.3 Å². The van der Waals surface area contributed by atoms with Gasteiger partial charge in [0.25, 0.3) is 0 Å². The maximum Gasteiger partial charge on any atom is 0.331 e. The molecule has 28 heavy (non-hydrogen) atoms. The first kappa shape index (κ1) is 20.5. The Morgan fingerprint density at radius 3 is 2.57 bits per heavy atom. The predicted molar refractivity (Wildman–Crippen MR) is 109 cm³/mol. The highest BCUT2D eigenvalue weighted by Crippen LogP contribution is 2.57. The third-order valence-corrected chi connectivity index (χ3v) is 6.60. The van der Waals surface area contributed by atoms with Crippen molar-refractivity contribution in [3.63, 3.8) is 0 Å². The Morgan fingerprint density at radius 2 is 1.93 bits per heavy atom. The number of allylic oxidation sites excluding steroid dienone is 1. The number of carbonyl (C=O) groups excluding carboxylic acids is 2. The molecular formula is C24H30O4. The highest BCUT2D eigenvalue weighted by molar-refractivity contribution is 5.96. The average Bonchev–Trinajstić information content (AvgIpc) is 2.87. The monoisotopic (exact) mass is 382 g/mol. The molecule has 4 atom stereocenters. The molecule has 0 radical (unpaired) electrons. The van der Waals surface area contributed by atoms with Gasteiger partial charge in [0, 0.05) is 18.4 Å². The molecule has 2 aliphatic carbocycles. The molecule has 4 nitrogen and oxygen atoms in total. The van der Waals surface area contributed by atoms with Crippen molar-refractivity contribution in [2.75, 3.05) is 0 Å². The first-order valence-electron chi connectivity index (χ1n) is 10.0. The van der Waals surface area contributed by atoms with E-state index in [1.807, 2.05) is 51.1 Å². The minimum atomic E-state index is -0.968. The quantitative estimate of drug-likeness (QED) is 0.622. The van der Waals surface area contributed by atoms with Crippen LogP contribution < -0.4 is 0 Å². The largest absolute Gasteiger partial charge is 0.455 e. The summed E-state index contributed by atoms with van der Waals surface area (Å²) in [6, 6.07) is 9.54. The maximum atomic E-state index is 12.6. The molecular weight excluding hydrogens is 352 g/mol. The molecule has 0 unspecified atom stereocenters. The fourth-order valence-electron chi connectivity index (χ4n) is 4.87. The van der Waals surface area contributed by atoms with E-state index in [0.717, 1.165) is 12.0 Å². The summed E-state index contributed by atoms with van der Waals surface area (Å²) in [6.45, 7) is 7.79. The summed E-state index contributed by atoms with van der Waals surface area (Å²) in [5.41, 5.74) is 0.154. The number of fused-ring (bicyclic) bond motifs is 1. The Labute approximate surface area is 167 Å². The normalized spacial score (nSPS) is 32.9. The van der Waals surface area contributed by atoms with Gasteiger partial charge in [-0.2, -0.15) is 0 Å². The van der Waals surface area contributed by atoms with Crippen LogP contribution in [0.3, 0.4) is 0 Å². The number of ketones is 1. The van der Waals surface area contributed by atoms with Gasteiger partial charge in [0.1, 0.15) is 6.10 Å². The van der Waals surface area contributed by atoms with Gasteiger partial charge < -0.3 is 9.84 Å². The Morgan fingerprint density at radius 1 is 1.25 bits per heavy atom. The van der Waals surface area contributed by atoms with Crippen LogP contribution in [0, 0.1) is 17.3 Å². The summed E-state index contributed by atoms with van der Waals surface area (Å²) in [4.78, 5) is 25.1. The Hall–Kier alpha value is -2.20. The molecule has 0 amide bonds. The molecule has 0 aliphatic heterocycles. The van der Waals surface area contributed by atoms with Gasteiger partial charge in [-0.3, -0.25) is 4.79 Å². The van der Waals surface area contributed by atoms with Gasteiger partial charge >= 0.3 is 5.97 Å². The van der Waals surface area contributed by atoms with E-state index in [1.54, 1.807) is 19.1 Å². The van der Waals surface area contributed by atoms with Gasteiger partial charge in [-0.25, -0.2) is 4.79 Å². The fraction of sp³-hybridized carbons (Fsp3) is 0.500. The number of Topliss-reactive ketones (excluding diaryl/α,β-unsaturated/α-hetero) is 1. The van der Waals surface area contributed by atoms with Crippen LogP contribution in [0.1, 0.15) is 52.5 Å². The molecule has 1 aromatic carbocycles. The van der Waals surface area contributed by atoms with E-state index in [-0.39, 0.29) is 17.6 Å². The maximum absolute atomic E-state index is 12.6. The molecule has 0 bridgehead atoms. The van der Waals surface area contributed by atoms with Crippen molar-refractivity contribution in [2.24, 2.45) is 17.3 Å². The molecule has 3 rings (SSSR count). The smallest absolute Gasteiger partial charge is 0.331 e. The molecule has 1 saturated carbocycles. The highest BCUT2D eigenvalue weighted by atomic mass is 16.5. The number of benzene rings is 1. The third kappa shape index (κ3) is 3.83. The van der Waals surface area contributed by atoms with E-state index in [4.69, 9.17) is 4.74 Å². The van der Waals surface area contributed by atoms with Crippen molar-refractivity contribution in [2.45, 2.75) is 58.7 Å². The van der Waals surface area contributed by atoms with Gasteiger partial charge in [-0.15, -0.1) is 0 Å². The van der Waals surface area contributed by atoms with E-state index in [1.165, 1.54) is 6.08 Å². The summed E-state index contributed by atoms with van der Waals surface area (Å²) in [5.74, 6) is -0.704. The summed E-state index contributed by atoms with van der Waals surface area (Å²) < 4.78 is 5.82. The molecule has 2 aliphatic rings. The fourth-order valence-corrected chi connectivity index (χ4v) is 4.87. The third-order valence-electron chi connectivity index (χ3n) is 6.60. The Balaban J connectivity index is 1.90. The lowest BCUT2D eigenvalue weighted by molar-refractivity contribution is -0.155. The van der Waals surface area contributed by atoms with E-state index in [0.29, 0.717) is 18.4 Å². The van der Waals surface area contributed by atoms with Crippen molar-refractivity contribution in [1.82, 2.24) is 0 Å². The second-order valence-corrected chi connectivity index (χ2v) is 8.87. The molecule has 0 aromatic heterocycles. The van der Waals surface area contributed by atoms with Crippen molar-refractivity contribution < 1.29 is 19.4 Å². The van der Waals surface area contributed by atoms with Crippen LogP contribution in [0.25, 0.3) is 6.08 Å². The summed E-state index contributed by atoms with van der Waals surface area (Å²) in [7, 11) is 0. The molecule has 1 N–H and O–H groups in total. The molecule has 1 fully saturated rings. The van der Waals surface area contributed by atoms with Gasteiger partial charge in [-0.1, -0.05) is 51.1 Å². The van der Waals surface area contributed by atoms with Gasteiger partial charge in [0.2, 0.25) is 0 Å². The van der Waals surface area contributed by atoms with E-state index in [9.17, 15) is 14.7 Å². The van der Waals surface area contributed by atoms with E-state index < -0.39 is 23.1 Å². The number of hydrogen-bond acceptors (Lipinski definition) is 4. The van der Waals surface area contributed by atoms with Crippen molar-refractivity contribution in [3.05, 3.63) is 53.6 Å². The molecule has 1 aromatic rings. The first-order chi connectivity index (χ1) is 13.2.